The van der Waals surface area contributed by atoms with Crippen LogP contribution in [0.3, 0.4) is 0 Å². The maximum atomic E-state index is 13.6. The predicted molar refractivity (Wildman–Crippen MR) is 70.8 cm³/mol. The summed E-state index contributed by atoms with van der Waals surface area (Å²) >= 11 is 0. The van der Waals surface area contributed by atoms with Gasteiger partial charge in [0.15, 0.2) is 0 Å². The lowest BCUT2D eigenvalue weighted by atomic mass is 10.1. The summed E-state index contributed by atoms with van der Waals surface area (Å²) < 4.78 is 38.7. The highest BCUT2D eigenvalue weighted by Crippen LogP contribution is 2.17. The van der Waals surface area contributed by atoms with Crippen LogP contribution in [0.15, 0.2) is 47.4 Å². The molecule has 2 aromatic rings. The Morgan fingerprint density at radius 2 is 1.89 bits per heavy atom. The molecule has 5 heteroatoms. The Morgan fingerprint density at radius 1 is 1.11 bits per heavy atom. The third kappa shape index (κ3) is 3.45. The molecule has 100 valence electrons. The molecule has 0 amide bonds. The fourth-order valence-corrected chi connectivity index (χ4v) is 2.84. The molecule has 0 aromatic heterocycles. The SMILES string of the molecule is NCc1ccc(F)c(CS(=O)c2cccc(F)c2)c1. The molecule has 2 rings (SSSR count). The number of hydrogen-bond donors (Lipinski definition) is 1. The summed E-state index contributed by atoms with van der Waals surface area (Å²) in [6, 6.07) is 9.99. The number of benzene rings is 2. The van der Waals surface area contributed by atoms with Crippen molar-refractivity contribution in [3.63, 3.8) is 0 Å². The van der Waals surface area contributed by atoms with Crippen LogP contribution in [0.1, 0.15) is 11.1 Å². The van der Waals surface area contributed by atoms with Crippen LogP contribution in [-0.2, 0) is 23.1 Å². The van der Waals surface area contributed by atoms with Crippen molar-refractivity contribution in [1.29, 1.82) is 0 Å². The third-order valence-corrected chi connectivity index (χ3v) is 4.04. The van der Waals surface area contributed by atoms with E-state index in [1.54, 1.807) is 18.2 Å². The van der Waals surface area contributed by atoms with Crippen molar-refractivity contribution >= 4 is 10.8 Å². The summed E-state index contributed by atoms with van der Waals surface area (Å²) in [5.41, 5.74) is 6.58. The van der Waals surface area contributed by atoms with Gasteiger partial charge >= 0.3 is 0 Å². The molecule has 0 aliphatic carbocycles. The maximum Gasteiger partial charge on any atom is 0.127 e. The molecule has 0 bridgehead atoms. The smallest absolute Gasteiger partial charge is 0.127 e. The predicted octanol–water partition coefficient (Wildman–Crippen LogP) is 2.73. The van der Waals surface area contributed by atoms with Crippen LogP contribution in [0.25, 0.3) is 0 Å². The molecule has 0 aliphatic heterocycles. The van der Waals surface area contributed by atoms with Crippen molar-refractivity contribution in [3.05, 3.63) is 65.2 Å². The Morgan fingerprint density at radius 3 is 2.58 bits per heavy atom. The second-order valence-electron chi connectivity index (χ2n) is 4.08. The van der Waals surface area contributed by atoms with Crippen molar-refractivity contribution in [1.82, 2.24) is 0 Å². The topological polar surface area (TPSA) is 43.1 Å². The van der Waals surface area contributed by atoms with Crippen LogP contribution in [0.5, 0.6) is 0 Å². The molecule has 0 heterocycles. The van der Waals surface area contributed by atoms with Gasteiger partial charge in [0.25, 0.3) is 0 Å². The molecule has 1 unspecified atom stereocenters. The Kier molecular flexibility index (Phi) is 4.39. The molecule has 0 spiro atoms. The Bertz CT molecular complexity index is 616. The van der Waals surface area contributed by atoms with E-state index in [0.717, 1.165) is 5.56 Å². The lowest BCUT2D eigenvalue weighted by Gasteiger charge is -2.06. The first kappa shape index (κ1) is 13.8. The summed E-state index contributed by atoms with van der Waals surface area (Å²) in [7, 11) is -1.49. The molecule has 0 saturated heterocycles. The molecule has 0 aliphatic rings. The van der Waals surface area contributed by atoms with Gasteiger partial charge in [0, 0.05) is 17.0 Å². The normalized spacial score (nSPS) is 12.4. The molecule has 1 atom stereocenters. The summed E-state index contributed by atoms with van der Waals surface area (Å²) in [5.74, 6) is -0.882. The van der Waals surface area contributed by atoms with E-state index < -0.39 is 22.4 Å². The maximum absolute atomic E-state index is 13.6. The molecule has 2 nitrogen and oxygen atoms in total. The van der Waals surface area contributed by atoms with Crippen molar-refractivity contribution in [2.24, 2.45) is 5.73 Å². The number of nitrogens with two attached hydrogens (primary N) is 1. The van der Waals surface area contributed by atoms with E-state index in [9.17, 15) is 13.0 Å². The summed E-state index contributed by atoms with van der Waals surface area (Å²) in [4.78, 5) is 0.345. The van der Waals surface area contributed by atoms with Gasteiger partial charge in [-0.25, -0.2) is 8.78 Å². The van der Waals surface area contributed by atoms with Crippen LogP contribution in [0, 0.1) is 11.6 Å². The van der Waals surface area contributed by atoms with E-state index in [2.05, 4.69) is 0 Å². The van der Waals surface area contributed by atoms with E-state index in [4.69, 9.17) is 5.73 Å². The minimum Gasteiger partial charge on any atom is -0.326 e. The lowest BCUT2D eigenvalue weighted by Crippen LogP contribution is -2.03. The summed E-state index contributed by atoms with van der Waals surface area (Å²) in [6.45, 7) is 0.292. The zero-order chi connectivity index (χ0) is 13.8. The second-order valence-corrected chi connectivity index (χ2v) is 5.53. The molecule has 0 saturated carbocycles. The fourth-order valence-electron chi connectivity index (χ4n) is 1.70. The van der Waals surface area contributed by atoms with E-state index in [0.29, 0.717) is 17.0 Å². The average Bonchev–Trinajstić information content (AvgIpc) is 2.41. The van der Waals surface area contributed by atoms with Crippen LogP contribution in [-0.4, -0.2) is 4.21 Å². The number of halogens is 2. The first-order valence-corrected chi connectivity index (χ1v) is 7.03. The quantitative estimate of drug-likeness (QED) is 0.936. The third-order valence-electron chi connectivity index (χ3n) is 2.69. The minimum atomic E-state index is -1.49. The van der Waals surface area contributed by atoms with Gasteiger partial charge in [-0.15, -0.1) is 0 Å². The highest BCUT2D eigenvalue weighted by molar-refractivity contribution is 7.84. The molecular weight excluding hydrogens is 268 g/mol. The van der Waals surface area contributed by atoms with E-state index >= 15 is 0 Å². The molecule has 2 aromatic carbocycles. The standard InChI is InChI=1S/C14H13F2NOS/c15-12-2-1-3-13(7-12)19(18)9-11-6-10(8-17)4-5-14(11)16/h1-7H,8-9,17H2. The van der Waals surface area contributed by atoms with Crippen molar-refractivity contribution in [2.75, 3.05) is 0 Å². The summed E-state index contributed by atoms with van der Waals surface area (Å²) in [5, 5.41) is 0. The van der Waals surface area contributed by atoms with E-state index in [-0.39, 0.29) is 5.75 Å². The van der Waals surface area contributed by atoms with Gasteiger partial charge in [-0.3, -0.25) is 4.21 Å². The number of hydrogen-bond acceptors (Lipinski definition) is 2. The van der Waals surface area contributed by atoms with Crippen molar-refractivity contribution in [2.45, 2.75) is 17.2 Å². The van der Waals surface area contributed by atoms with Gasteiger partial charge in [0.05, 0.1) is 16.6 Å². The van der Waals surface area contributed by atoms with Crippen LogP contribution in [0.2, 0.25) is 0 Å². The van der Waals surface area contributed by atoms with Crippen molar-refractivity contribution in [3.8, 4) is 0 Å². The van der Waals surface area contributed by atoms with Gasteiger partial charge in [-0.05, 0) is 29.8 Å². The van der Waals surface area contributed by atoms with Crippen LogP contribution >= 0.6 is 0 Å². The van der Waals surface area contributed by atoms with E-state index in [1.807, 2.05) is 0 Å². The fraction of sp³-hybridized carbons (Fsp3) is 0.143. The van der Waals surface area contributed by atoms with Gasteiger partial charge in [-0.1, -0.05) is 18.2 Å². The van der Waals surface area contributed by atoms with E-state index in [1.165, 1.54) is 24.3 Å². The highest BCUT2D eigenvalue weighted by Gasteiger charge is 2.10. The van der Waals surface area contributed by atoms with Crippen LogP contribution < -0.4 is 5.73 Å². The Hall–Kier alpha value is -1.59. The molecule has 0 fully saturated rings. The van der Waals surface area contributed by atoms with Gasteiger partial charge in [-0.2, -0.15) is 0 Å². The highest BCUT2D eigenvalue weighted by atomic mass is 32.2. The summed E-state index contributed by atoms with van der Waals surface area (Å²) in [6.07, 6.45) is 0. The van der Waals surface area contributed by atoms with Gasteiger partial charge in [0.1, 0.15) is 11.6 Å². The largest absolute Gasteiger partial charge is 0.326 e. The second kappa shape index (κ2) is 6.04. The molecule has 0 radical (unpaired) electrons. The number of rotatable bonds is 4. The zero-order valence-corrected chi connectivity index (χ0v) is 10.9. The molecule has 2 N–H and O–H groups in total. The van der Waals surface area contributed by atoms with Gasteiger partial charge < -0.3 is 5.73 Å². The minimum absolute atomic E-state index is 0.00310. The van der Waals surface area contributed by atoms with Gasteiger partial charge in [0.2, 0.25) is 0 Å². The first-order valence-electron chi connectivity index (χ1n) is 5.71. The van der Waals surface area contributed by atoms with Crippen molar-refractivity contribution < 1.29 is 13.0 Å². The lowest BCUT2D eigenvalue weighted by molar-refractivity contribution is 0.613. The average molecular weight is 281 g/mol. The zero-order valence-electron chi connectivity index (χ0n) is 10.1. The monoisotopic (exact) mass is 281 g/mol. The Balaban J connectivity index is 2.23. The van der Waals surface area contributed by atoms with Crippen LogP contribution in [0.4, 0.5) is 8.78 Å². The molecular formula is C14H13F2NOS. The molecule has 19 heavy (non-hydrogen) atoms. The first-order chi connectivity index (χ1) is 9.10. The Labute approximate surface area is 112 Å².